The molecule has 1 saturated heterocycles. The summed E-state index contributed by atoms with van der Waals surface area (Å²) in [5.41, 5.74) is 0. The van der Waals surface area contributed by atoms with Crippen molar-refractivity contribution in [2.24, 2.45) is 0 Å². The summed E-state index contributed by atoms with van der Waals surface area (Å²) >= 11 is 6.18. The van der Waals surface area contributed by atoms with Crippen LogP contribution >= 0.6 is 11.6 Å². The topological polar surface area (TPSA) is 86.0 Å². The number of nitrogens with zero attached hydrogens (tertiary/aromatic N) is 2. The number of hydrogen-bond acceptors (Lipinski definition) is 6. The van der Waals surface area contributed by atoms with Gasteiger partial charge in [-0.25, -0.2) is 4.98 Å². The summed E-state index contributed by atoms with van der Waals surface area (Å²) in [7, 11) is 1.54. The quantitative estimate of drug-likeness (QED) is 0.809. The number of ether oxygens (including phenoxy) is 3. The smallest absolute Gasteiger partial charge is 0.236 e. The van der Waals surface area contributed by atoms with Gasteiger partial charge in [-0.15, -0.1) is 0 Å². The summed E-state index contributed by atoms with van der Waals surface area (Å²) in [5.74, 6) is -0.475. The molecule has 7 nitrogen and oxygen atoms in total. The van der Waals surface area contributed by atoms with Crippen LogP contribution in [0.4, 0.5) is 0 Å². The van der Waals surface area contributed by atoms with E-state index in [9.17, 15) is 10.2 Å². The van der Waals surface area contributed by atoms with Crippen molar-refractivity contribution >= 4 is 11.6 Å². The number of halogens is 1. The molecule has 3 rings (SSSR count). The molecule has 1 fully saturated rings. The van der Waals surface area contributed by atoms with Gasteiger partial charge in [-0.1, -0.05) is 11.6 Å². The molecule has 0 saturated carbocycles. The second kappa shape index (κ2) is 7.21. The highest BCUT2D eigenvalue weighted by Crippen LogP contribution is 2.38. The summed E-state index contributed by atoms with van der Waals surface area (Å²) in [5, 5.41) is 21.1. The first-order valence-corrected chi connectivity index (χ1v) is 8.33. The molecule has 2 aromatic rings. The number of aromatic nitrogens is 2. The largest absolute Gasteiger partial charge is 0.497 e. The average molecular weight is 369 g/mol. The molecular formula is C17H21ClN2O5. The average Bonchev–Trinajstić information content (AvgIpc) is 3.18. The van der Waals surface area contributed by atoms with Gasteiger partial charge in [0.15, 0.2) is 0 Å². The maximum absolute atomic E-state index is 10.4. The fourth-order valence-electron chi connectivity index (χ4n) is 2.87. The van der Waals surface area contributed by atoms with Crippen molar-refractivity contribution in [2.75, 3.05) is 7.11 Å². The molecule has 0 amide bonds. The maximum atomic E-state index is 10.4. The van der Waals surface area contributed by atoms with Crippen molar-refractivity contribution in [2.45, 2.75) is 44.0 Å². The van der Waals surface area contributed by atoms with Crippen molar-refractivity contribution in [3.8, 4) is 11.5 Å². The van der Waals surface area contributed by atoms with Gasteiger partial charge in [0, 0.05) is 31.9 Å². The van der Waals surface area contributed by atoms with E-state index in [1.54, 1.807) is 44.8 Å². The Morgan fingerprint density at radius 2 is 2.20 bits per heavy atom. The fourth-order valence-corrected chi connectivity index (χ4v) is 3.08. The molecule has 1 aromatic heterocycles. The molecule has 1 aliphatic heterocycles. The zero-order valence-electron chi connectivity index (χ0n) is 14.0. The van der Waals surface area contributed by atoms with Gasteiger partial charge in [0.1, 0.15) is 23.7 Å². The molecule has 1 aliphatic rings. The fraction of sp³-hybridized carbons (Fsp3) is 0.471. The van der Waals surface area contributed by atoms with E-state index in [2.05, 4.69) is 4.98 Å². The lowest BCUT2D eigenvalue weighted by Crippen LogP contribution is -2.45. The van der Waals surface area contributed by atoms with Crippen LogP contribution in [0.5, 0.6) is 11.5 Å². The third kappa shape index (κ3) is 3.74. The number of imidazole rings is 1. The minimum Gasteiger partial charge on any atom is -0.497 e. The SMILES string of the molecule is COc1ccc(O[C@@]2(C)O[C@@H](CCn3ccnc3)[C@@H](O)[C@H]2O)c(Cl)c1. The number of methoxy groups -OCH3 is 1. The van der Waals surface area contributed by atoms with Crippen LogP contribution in [-0.2, 0) is 11.3 Å². The predicted molar refractivity (Wildman–Crippen MR) is 90.8 cm³/mol. The van der Waals surface area contributed by atoms with Gasteiger partial charge in [-0.3, -0.25) is 0 Å². The highest BCUT2D eigenvalue weighted by atomic mass is 35.5. The zero-order valence-corrected chi connectivity index (χ0v) is 14.8. The van der Waals surface area contributed by atoms with Crippen LogP contribution in [0, 0.1) is 0 Å². The number of hydrogen-bond donors (Lipinski definition) is 2. The third-order valence-electron chi connectivity index (χ3n) is 4.31. The first kappa shape index (κ1) is 18.0. The van der Waals surface area contributed by atoms with Crippen LogP contribution in [0.2, 0.25) is 5.02 Å². The first-order chi connectivity index (χ1) is 11.9. The summed E-state index contributed by atoms with van der Waals surface area (Å²) in [6.45, 7) is 2.19. The number of aliphatic hydroxyl groups excluding tert-OH is 2. The lowest BCUT2D eigenvalue weighted by Gasteiger charge is -2.29. The van der Waals surface area contributed by atoms with Crippen molar-refractivity contribution in [3.63, 3.8) is 0 Å². The monoisotopic (exact) mass is 368 g/mol. The van der Waals surface area contributed by atoms with E-state index in [-0.39, 0.29) is 0 Å². The highest BCUT2D eigenvalue weighted by Gasteiger charge is 2.53. The minimum absolute atomic E-state index is 0.327. The van der Waals surface area contributed by atoms with Crippen LogP contribution in [0.1, 0.15) is 13.3 Å². The number of rotatable bonds is 6. The zero-order chi connectivity index (χ0) is 18.0. The molecule has 0 radical (unpaired) electrons. The normalized spacial score (nSPS) is 28.9. The van der Waals surface area contributed by atoms with Gasteiger partial charge < -0.3 is 29.0 Å². The lowest BCUT2D eigenvalue weighted by atomic mass is 10.0. The van der Waals surface area contributed by atoms with Gasteiger partial charge in [0.25, 0.3) is 0 Å². The summed E-state index contributed by atoms with van der Waals surface area (Å²) < 4.78 is 18.6. The van der Waals surface area contributed by atoms with E-state index in [1.807, 2.05) is 10.8 Å². The number of benzene rings is 1. The van der Waals surface area contributed by atoms with E-state index in [1.165, 1.54) is 0 Å². The minimum atomic E-state index is -1.41. The molecule has 0 aliphatic carbocycles. The molecule has 2 heterocycles. The van der Waals surface area contributed by atoms with E-state index < -0.39 is 24.1 Å². The van der Waals surface area contributed by atoms with Crippen LogP contribution in [0.15, 0.2) is 36.9 Å². The summed E-state index contributed by atoms with van der Waals surface area (Å²) in [6.07, 6.45) is 2.85. The molecule has 8 heteroatoms. The first-order valence-electron chi connectivity index (χ1n) is 7.95. The molecule has 4 atom stereocenters. The van der Waals surface area contributed by atoms with Crippen LogP contribution < -0.4 is 9.47 Å². The molecule has 0 spiro atoms. The molecule has 25 heavy (non-hydrogen) atoms. The van der Waals surface area contributed by atoms with Crippen LogP contribution in [0.3, 0.4) is 0 Å². The van der Waals surface area contributed by atoms with Gasteiger partial charge in [-0.05, 0) is 18.6 Å². The van der Waals surface area contributed by atoms with Crippen molar-refractivity contribution in [1.29, 1.82) is 0 Å². The Balaban J connectivity index is 1.70. The summed E-state index contributed by atoms with van der Waals surface area (Å²) in [4.78, 5) is 3.97. The van der Waals surface area contributed by atoms with Crippen molar-refractivity contribution in [3.05, 3.63) is 41.9 Å². The van der Waals surface area contributed by atoms with Crippen LogP contribution in [-0.4, -0.2) is 51.0 Å². The molecule has 2 N–H and O–H groups in total. The van der Waals surface area contributed by atoms with Crippen LogP contribution in [0.25, 0.3) is 0 Å². The number of aryl methyl sites for hydroxylation is 1. The molecule has 0 unspecified atom stereocenters. The van der Waals surface area contributed by atoms with E-state index in [0.717, 1.165) is 0 Å². The Morgan fingerprint density at radius 3 is 2.84 bits per heavy atom. The Kier molecular flexibility index (Phi) is 5.19. The third-order valence-corrected chi connectivity index (χ3v) is 4.61. The second-order valence-electron chi connectivity index (χ2n) is 6.10. The highest BCUT2D eigenvalue weighted by molar-refractivity contribution is 6.32. The summed E-state index contributed by atoms with van der Waals surface area (Å²) in [6, 6.07) is 4.93. The predicted octanol–water partition coefficient (Wildman–Crippen LogP) is 1.85. The van der Waals surface area contributed by atoms with Gasteiger partial charge in [0.05, 0.1) is 24.6 Å². The Bertz CT molecular complexity index is 711. The molecule has 136 valence electrons. The van der Waals surface area contributed by atoms with Crippen molar-refractivity contribution < 1.29 is 24.4 Å². The van der Waals surface area contributed by atoms with Gasteiger partial charge >= 0.3 is 0 Å². The van der Waals surface area contributed by atoms with E-state index in [0.29, 0.717) is 29.5 Å². The molecule has 1 aromatic carbocycles. The standard InChI is InChI=1S/C17H21ClN2O5/c1-17(24-13-4-3-11(23-2)9-12(13)18)16(22)15(21)14(25-17)5-7-20-8-6-19-10-20/h3-4,6,8-10,14-16,21-22H,5,7H2,1-2H3/t14-,15+,16+,17-/m0/s1. The van der Waals surface area contributed by atoms with E-state index in [4.69, 9.17) is 25.8 Å². The van der Waals surface area contributed by atoms with Crippen molar-refractivity contribution in [1.82, 2.24) is 9.55 Å². The van der Waals surface area contributed by atoms with E-state index >= 15 is 0 Å². The lowest BCUT2D eigenvalue weighted by molar-refractivity contribution is -0.196. The second-order valence-corrected chi connectivity index (χ2v) is 6.50. The Labute approximate surface area is 150 Å². The number of aliphatic hydroxyl groups is 2. The Morgan fingerprint density at radius 1 is 1.40 bits per heavy atom. The van der Waals surface area contributed by atoms with Gasteiger partial charge in [0.2, 0.25) is 5.79 Å². The van der Waals surface area contributed by atoms with Gasteiger partial charge in [-0.2, -0.15) is 0 Å². The molecule has 0 bridgehead atoms. The maximum Gasteiger partial charge on any atom is 0.236 e. The molecular weight excluding hydrogens is 348 g/mol. The Hall–Kier alpha value is -1.80.